The maximum Gasteiger partial charge on any atom is 0.240 e. The number of alkyl halides is 1. The number of nitrogens with zero attached hydrogens (tertiary/aromatic N) is 2. The van der Waals surface area contributed by atoms with E-state index in [9.17, 15) is 4.39 Å². The second kappa shape index (κ2) is 4.38. The first-order valence-corrected chi connectivity index (χ1v) is 5.13. The third kappa shape index (κ3) is 1.93. The number of benzene rings is 1. The summed E-state index contributed by atoms with van der Waals surface area (Å²) in [5.41, 5.74) is 7.32. The molecule has 4 nitrogen and oxygen atoms in total. The third-order valence-corrected chi connectivity index (χ3v) is 2.36. The number of halogens is 1. The molecule has 86 valence electrons. The van der Waals surface area contributed by atoms with E-state index in [0.29, 0.717) is 24.6 Å². The summed E-state index contributed by atoms with van der Waals surface area (Å²) in [4.78, 5) is 0. The van der Waals surface area contributed by atoms with Gasteiger partial charge in [-0.05, 0) is 18.2 Å². The lowest BCUT2D eigenvalue weighted by atomic mass is 10.2. The number of nitrogens with two attached hydrogens (primary N) is 1. The SMILES string of the molecule is Cn1nc(OCCCF)c2cc(N)ccc21. The Kier molecular flexibility index (Phi) is 2.94. The predicted molar refractivity (Wildman–Crippen MR) is 61.2 cm³/mol. The molecular weight excluding hydrogens is 209 g/mol. The molecule has 2 aromatic rings. The van der Waals surface area contributed by atoms with Gasteiger partial charge in [0, 0.05) is 19.2 Å². The molecular formula is C11H14FN3O. The molecule has 0 aliphatic carbocycles. The van der Waals surface area contributed by atoms with Crippen LogP contribution in [0.25, 0.3) is 10.9 Å². The van der Waals surface area contributed by atoms with Gasteiger partial charge < -0.3 is 10.5 Å². The number of rotatable bonds is 4. The van der Waals surface area contributed by atoms with Crippen LogP contribution in [0, 0.1) is 0 Å². The van der Waals surface area contributed by atoms with Crippen molar-refractivity contribution in [1.82, 2.24) is 9.78 Å². The molecule has 0 saturated carbocycles. The van der Waals surface area contributed by atoms with Gasteiger partial charge in [-0.2, -0.15) is 0 Å². The minimum atomic E-state index is -0.382. The van der Waals surface area contributed by atoms with Crippen molar-refractivity contribution >= 4 is 16.6 Å². The molecule has 0 bridgehead atoms. The Bertz CT molecular complexity index is 495. The Morgan fingerprint density at radius 1 is 1.50 bits per heavy atom. The van der Waals surface area contributed by atoms with Crippen molar-refractivity contribution in [2.45, 2.75) is 6.42 Å². The predicted octanol–water partition coefficient (Wildman–Crippen LogP) is 1.89. The summed E-state index contributed by atoms with van der Waals surface area (Å²) >= 11 is 0. The van der Waals surface area contributed by atoms with E-state index in [4.69, 9.17) is 10.5 Å². The number of anilines is 1. The monoisotopic (exact) mass is 223 g/mol. The molecule has 0 radical (unpaired) electrons. The highest BCUT2D eigenvalue weighted by atomic mass is 19.1. The summed E-state index contributed by atoms with van der Waals surface area (Å²) < 4.78 is 19.1. The fourth-order valence-corrected chi connectivity index (χ4v) is 1.58. The molecule has 2 rings (SSSR count). The van der Waals surface area contributed by atoms with Crippen molar-refractivity contribution in [3.63, 3.8) is 0 Å². The van der Waals surface area contributed by atoms with Crippen LogP contribution in [0.4, 0.5) is 10.1 Å². The maximum absolute atomic E-state index is 12.0. The molecule has 2 N–H and O–H groups in total. The highest BCUT2D eigenvalue weighted by Crippen LogP contribution is 2.26. The second-order valence-corrected chi connectivity index (χ2v) is 3.60. The Hall–Kier alpha value is -1.78. The van der Waals surface area contributed by atoms with Gasteiger partial charge in [0.1, 0.15) is 0 Å². The highest BCUT2D eigenvalue weighted by Gasteiger charge is 2.09. The van der Waals surface area contributed by atoms with E-state index >= 15 is 0 Å². The third-order valence-electron chi connectivity index (χ3n) is 2.36. The molecule has 16 heavy (non-hydrogen) atoms. The lowest BCUT2D eigenvalue weighted by molar-refractivity contribution is 0.280. The molecule has 1 heterocycles. The van der Waals surface area contributed by atoms with Crippen molar-refractivity contribution in [3.8, 4) is 5.88 Å². The van der Waals surface area contributed by atoms with Crippen molar-refractivity contribution in [1.29, 1.82) is 0 Å². The number of aryl methyl sites for hydroxylation is 1. The first kappa shape index (κ1) is 10.7. The summed E-state index contributed by atoms with van der Waals surface area (Å²) in [5, 5.41) is 5.08. The standard InChI is InChI=1S/C11H14FN3O/c1-15-10-4-3-8(13)7-9(10)11(14-15)16-6-2-5-12/h3-4,7H,2,5-6,13H2,1H3. The molecule has 1 aromatic carbocycles. The van der Waals surface area contributed by atoms with Gasteiger partial charge in [-0.1, -0.05) is 0 Å². The van der Waals surface area contributed by atoms with Gasteiger partial charge in [0.25, 0.3) is 0 Å². The summed E-state index contributed by atoms with van der Waals surface area (Å²) in [5.74, 6) is 0.512. The van der Waals surface area contributed by atoms with Gasteiger partial charge in [0.05, 0.1) is 24.2 Å². The average molecular weight is 223 g/mol. The molecule has 0 amide bonds. The van der Waals surface area contributed by atoms with Crippen LogP contribution >= 0.6 is 0 Å². The molecule has 0 atom stereocenters. The Balaban J connectivity index is 2.33. The van der Waals surface area contributed by atoms with Crippen molar-refractivity contribution in [2.75, 3.05) is 19.0 Å². The minimum Gasteiger partial charge on any atom is -0.476 e. The van der Waals surface area contributed by atoms with Crippen molar-refractivity contribution in [3.05, 3.63) is 18.2 Å². The number of hydrogen-bond acceptors (Lipinski definition) is 3. The molecule has 0 saturated heterocycles. The molecule has 1 aromatic heterocycles. The fourth-order valence-electron chi connectivity index (χ4n) is 1.58. The van der Waals surface area contributed by atoms with Gasteiger partial charge in [-0.3, -0.25) is 9.07 Å². The lowest BCUT2D eigenvalue weighted by Gasteiger charge is -2.00. The van der Waals surface area contributed by atoms with Gasteiger partial charge in [-0.15, -0.1) is 5.10 Å². The first-order valence-electron chi connectivity index (χ1n) is 5.13. The molecule has 0 fully saturated rings. The Labute approximate surface area is 92.8 Å². The molecule has 0 aliphatic heterocycles. The van der Waals surface area contributed by atoms with Crippen LogP contribution in [0.1, 0.15) is 6.42 Å². The van der Waals surface area contributed by atoms with E-state index in [1.165, 1.54) is 0 Å². The van der Waals surface area contributed by atoms with Crippen LogP contribution in [0.3, 0.4) is 0 Å². The van der Waals surface area contributed by atoms with Crippen molar-refractivity contribution in [2.24, 2.45) is 7.05 Å². The topological polar surface area (TPSA) is 53.1 Å². The normalized spacial score (nSPS) is 10.9. The van der Waals surface area contributed by atoms with Gasteiger partial charge in [0.15, 0.2) is 0 Å². The van der Waals surface area contributed by atoms with Crippen molar-refractivity contribution < 1.29 is 9.13 Å². The van der Waals surface area contributed by atoms with E-state index in [0.717, 1.165) is 10.9 Å². The average Bonchev–Trinajstić information content (AvgIpc) is 2.56. The molecule has 5 heteroatoms. The Morgan fingerprint density at radius 2 is 2.31 bits per heavy atom. The van der Waals surface area contributed by atoms with E-state index in [-0.39, 0.29) is 6.67 Å². The van der Waals surface area contributed by atoms with Crippen LogP contribution in [-0.4, -0.2) is 23.1 Å². The first-order chi connectivity index (χ1) is 7.72. The summed E-state index contributed by atoms with van der Waals surface area (Å²) in [7, 11) is 1.83. The smallest absolute Gasteiger partial charge is 0.240 e. The maximum atomic E-state index is 12.0. The molecule has 0 unspecified atom stereocenters. The molecule has 0 spiro atoms. The van der Waals surface area contributed by atoms with Crippen LogP contribution < -0.4 is 10.5 Å². The number of hydrogen-bond donors (Lipinski definition) is 1. The second-order valence-electron chi connectivity index (χ2n) is 3.60. The van der Waals surface area contributed by atoms with Gasteiger partial charge in [0.2, 0.25) is 5.88 Å². The van der Waals surface area contributed by atoms with E-state index in [1.54, 1.807) is 4.68 Å². The highest BCUT2D eigenvalue weighted by molar-refractivity contribution is 5.87. The summed E-state index contributed by atoms with van der Waals surface area (Å²) in [6, 6.07) is 5.52. The molecule has 0 aliphatic rings. The van der Waals surface area contributed by atoms with E-state index in [2.05, 4.69) is 5.10 Å². The van der Waals surface area contributed by atoms with Gasteiger partial charge >= 0.3 is 0 Å². The summed E-state index contributed by atoms with van der Waals surface area (Å²) in [6.07, 6.45) is 0.375. The van der Waals surface area contributed by atoms with Crippen LogP contribution in [-0.2, 0) is 7.05 Å². The quantitative estimate of drug-likeness (QED) is 0.636. The zero-order chi connectivity index (χ0) is 11.5. The number of ether oxygens (including phenoxy) is 1. The van der Waals surface area contributed by atoms with E-state index < -0.39 is 0 Å². The largest absolute Gasteiger partial charge is 0.476 e. The number of fused-ring (bicyclic) bond motifs is 1. The number of aromatic nitrogens is 2. The lowest BCUT2D eigenvalue weighted by Crippen LogP contribution is -1.99. The zero-order valence-electron chi connectivity index (χ0n) is 9.11. The van der Waals surface area contributed by atoms with Crippen LogP contribution in [0.5, 0.6) is 5.88 Å². The minimum absolute atomic E-state index is 0.331. The summed E-state index contributed by atoms with van der Waals surface area (Å²) in [6.45, 7) is -0.0513. The van der Waals surface area contributed by atoms with Crippen LogP contribution in [0.15, 0.2) is 18.2 Å². The number of nitrogen functional groups attached to an aromatic ring is 1. The van der Waals surface area contributed by atoms with E-state index in [1.807, 2.05) is 25.2 Å². The zero-order valence-corrected chi connectivity index (χ0v) is 9.11. The fraction of sp³-hybridized carbons (Fsp3) is 0.364. The van der Waals surface area contributed by atoms with Crippen LogP contribution in [0.2, 0.25) is 0 Å². The van der Waals surface area contributed by atoms with Gasteiger partial charge in [-0.25, -0.2) is 0 Å². The Morgan fingerprint density at radius 3 is 3.06 bits per heavy atom.